The summed E-state index contributed by atoms with van der Waals surface area (Å²) < 4.78 is 58.0. The molecule has 2 aliphatic heterocycles. The minimum atomic E-state index is -3.79. The van der Waals surface area contributed by atoms with Crippen molar-refractivity contribution in [2.24, 2.45) is 5.73 Å². The number of benzene rings is 2. The highest BCUT2D eigenvalue weighted by Crippen LogP contribution is 2.38. The first-order valence-corrected chi connectivity index (χ1v) is 15.3. The lowest BCUT2D eigenvalue weighted by Crippen LogP contribution is -2.42. The van der Waals surface area contributed by atoms with Crippen molar-refractivity contribution in [3.05, 3.63) is 53.2 Å². The summed E-state index contributed by atoms with van der Waals surface area (Å²) in [6, 6.07) is 8.69. The Balaban J connectivity index is 1.60. The molecule has 0 unspecified atom stereocenters. The van der Waals surface area contributed by atoms with Crippen LogP contribution >= 0.6 is 0 Å². The maximum atomic E-state index is 13.7. The number of hydrogen-bond acceptors (Lipinski definition) is 8. The number of fused-ring (bicyclic) bond motifs is 2. The van der Waals surface area contributed by atoms with Crippen molar-refractivity contribution < 1.29 is 26.4 Å². The van der Waals surface area contributed by atoms with E-state index in [4.69, 9.17) is 10.5 Å². The number of hydrogen-bond donors (Lipinski definition) is 2. The summed E-state index contributed by atoms with van der Waals surface area (Å²) in [7, 11) is -7.17. The normalized spacial score (nSPS) is 16.9. The summed E-state index contributed by atoms with van der Waals surface area (Å²) in [6.07, 6.45) is 3.62. The monoisotopic (exact) mass is 544 g/mol. The van der Waals surface area contributed by atoms with E-state index < -0.39 is 31.0 Å². The molecule has 1 saturated heterocycles. The van der Waals surface area contributed by atoms with Gasteiger partial charge in [0.1, 0.15) is 5.75 Å². The first-order chi connectivity index (χ1) is 17.5. The Labute approximate surface area is 215 Å². The Morgan fingerprint density at radius 1 is 1.16 bits per heavy atom. The number of nitrogens with one attached hydrogen (secondary N) is 1. The van der Waals surface area contributed by atoms with E-state index in [0.717, 1.165) is 23.3 Å². The summed E-state index contributed by atoms with van der Waals surface area (Å²) in [5, 5.41) is 3.05. The number of sulfone groups is 1. The Hall–Kier alpha value is -3.22. The molecule has 1 amide bonds. The van der Waals surface area contributed by atoms with E-state index in [1.807, 2.05) is 18.2 Å². The minimum Gasteiger partial charge on any atom is -0.493 e. The van der Waals surface area contributed by atoms with Crippen molar-refractivity contribution in [3.8, 4) is 5.75 Å². The van der Waals surface area contributed by atoms with Gasteiger partial charge in [-0.25, -0.2) is 21.1 Å². The fraction of sp³-hybridized carbons (Fsp3) is 0.360. The van der Waals surface area contributed by atoms with E-state index in [1.165, 1.54) is 16.6 Å². The molecule has 10 nitrogen and oxygen atoms in total. The standard InChI is InChI=1S/C25H28N4O6S2/c1-15-12-17(37(33,34)16-6-9-29(10-7-16)36(2,31)32)13-19-23(15)27-14-20(25(26)30)24(19)28-21-4-3-5-22-18(21)8-11-35-22/h3-5,12-14,16H,6-11H2,1-2H3,(H2,26,30)(H,27,28). The molecule has 3 N–H and O–H groups in total. The van der Waals surface area contributed by atoms with Gasteiger partial charge in [-0.15, -0.1) is 0 Å². The Kier molecular flexibility index (Phi) is 6.37. The lowest BCUT2D eigenvalue weighted by Gasteiger charge is -2.30. The molecule has 0 saturated carbocycles. The van der Waals surface area contributed by atoms with Crippen LogP contribution < -0.4 is 15.8 Å². The number of nitrogens with two attached hydrogens (primary N) is 1. The first-order valence-electron chi connectivity index (χ1n) is 11.9. The zero-order chi connectivity index (χ0) is 26.5. The van der Waals surface area contributed by atoms with Crippen LogP contribution in [0.15, 0.2) is 41.4 Å². The Bertz CT molecular complexity index is 1630. The van der Waals surface area contributed by atoms with Crippen molar-refractivity contribution in [3.63, 3.8) is 0 Å². The van der Waals surface area contributed by atoms with Crippen LogP contribution in [0.1, 0.15) is 34.3 Å². The molecule has 0 radical (unpaired) electrons. The molecule has 2 aliphatic rings. The van der Waals surface area contributed by atoms with Crippen LogP contribution in [0.25, 0.3) is 10.9 Å². The third kappa shape index (κ3) is 4.64. The quantitative estimate of drug-likeness (QED) is 0.481. The number of pyridine rings is 1. The summed E-state index contributed by atoms with van der Waals surface area (Å²) >= 11 is 0. The molecule has 196 valence electrons. The van der Waals surface area contributed by atoms with Gasteiger partial charge in [0.05, 0.1) is 39.8 Å². The molecule has 0 aliphatic carbocycles. The SMILES string of the molecule is Cc1cc(S(=O)(=O)C2CCN(S(C)(=O)=O)CC2)cc2c(Nc3cccc4c3CCO4)c(C(N)=O)cnc12. The average molecular weight is 545 g/mol. The van der Waals surface area contributed by atoms with Gasteiger partial charge in [-0.1, -0.05) is 6.07 Å². The number of nitrogens with zero attached hydrogens (tertiary/aromatic N) is 2. The van der Waals surface area contributed by atoms with Crippen LogP contribution in [-0.2, 0) is 26.3 Å². The van der Waals surface area contributed by atoms with Crippen LogP contribution in [0.4, 0.5) is 11.4 Å². The van der Waals surface area contributed by atoms with Gasteiger partial charge in [-0.05, 0) is 49.6 Å². The minimum absolute atomic E-state index is 0.100. The zero-order valence-electron chi connectivity index (χ0n) is 20.5. The fourth-order valence-corrected chi connectivity index (χ4v) is 7.79. The van der Waals surface area contributed by atoms with Crippen LogP contribution in [0, 0.1) is 6.92 Å². The van der Waals surface area contributed by atoms with Gasteiger partial charge in [0.15, 0.2) is 9.84 Å². The van der Waals surface area contributed by atoms with Crippen molar-refractivity contribution in [1.29, 1.82) is 0 Å². The Morgan fingerprint density at radius 3 is 2.57 bits per heavy atom. The number of carbonyl (C=O) groups is 1. The number of ether oxygens (including phenoxy) is 1. The van der Waals surface area contributed by atoms with Gasteiger partial charge >= 0.3 is 0 Å². The van der Waals surface area contributed by atoms with Crippen LogP contribution in [0.3, 0.4) is 0 Å². The van der Waals surface area contributed by atoms with Crippen molar-refractivity contribution in [1.82, 2.24) is 9.29 Å². The average Bonchev–Trinajstić information content (AvgIpc) is 3.33. The maximum absolute atomic E-state index is 13.7. The van der Waals surface area contributed by atoms with Crippen molar-refractivity contribution in [2.45, 2.75) is 36.3 Å². The van der Waals surface area contributed by atoms with Gasteiger partial charge in [0.25, 0.3) is 5.91 Å². The third-order valence-corrected chi connectivity index (χ3v) is 10.6. The molecule has 0 bridgehead atoms. The molecule has 1 fully saturated rings. The van der Waals surface area contributed by atoms with Gasteiger partial charge in [0.2, 0.25) is 10.0 Å². The molecular formula is C25H28N4O6S2. The molecule has 37 heavy (non-hydrogen) atoms. The maximum Gasteiger partial charge on any atom is 0.252 e. The number of aromatic nitrogens is 1. The second kappa shape index (κ2) is 9.26. The smallest absolute Gasteiger partial charge is 0.252 e. The number of rotatable bonds is 6. The van der Waals surface area contributed by atoms with E-state index in [1.54, 1.807) is 13.0 Å². The highest BCUT2D eigenvalue weighted by atomic mass is 32.2. The van der Waals surface area contributed by atoms with Gasteiger partial charge in [-0.2, -0.15) is 0 Å². The third-order valence-electron chi connectivity index (χ3n) is 7.04. The van der Waals surface area contributed by atoms with E-state index in [2.05, 4.69) is 10.3 Å². The number of amides is 1. The summed E-state index contributed by atoms with van der Waals surface area (Å²) in [4.78, 5) is 16.9. The van der Waals surface area contributed by atoms with E-state index in [-0.39, 0.29) is 36.4 Å². The van der Waals surface area contributed by atoms with Crippen LogP contribution in [0.2, 0.25) is 0 Å². The summed E-state index contributed by atoms with van der Waals surface area (Å²) in [5.74, 6) is 0.0589. The second-order valence-electron chi connectivity index (χ2n) is 9.46. The molecular weight excluding hydrogens is 516 g/mol. The van der Waals surface area contributed by atoms with Crippen LogP contribution in [-0.4, -0.2) is 63.2 Å². The van der Waals surface area contributed by atoms with E-state index >= 15 is 0 Å². The van der Waals surface area contributed by atoms with Gasteiger partial charge in [-0.3, -0.25) is 9.78 Å². The predicted octanol–water partition coefficient (Wildman–Crippen LogP) is 2.52. The number of piperidine rings is 1. The molecule has 5 rings (SSSR count). The topological polar surface area (TPSA) is 149 Å². The second-order valence-corrected chi connectivity index (χ2v) is 13.7. The Morgan fingerprint density at radius 2 is 1.89 bits per heavy atom. The number of aryl methyl sites for hydroxylation is 1. The molecule has 3 aromatic rings. The number of sulfonamides is 1. The number of primary amides is 1. The van der Waals surface area contributed by atoms with Crippen molar-refractivity contribution >= 4 is 48.0 Å². The van der Waals surface area contributed by atoms with Crippen molar-refractivity contribution in [2.75, 3.05) is 31.3 Å². The largest absolute Gasteiger partial charge is 0.493 e. The molecule has 0 spiro atoms. The number of carbonyl (C=O) groups excluding carboxylic acids is 1. The van der Waals surface area contributed by atoms with E-state index in [0.29, 0.717) is 35.2 Å². The molecule has 12 heteroatoms. The predicted molar refractivity (Wildman–Crippen MR) is 141 cm³/mol. The first kappa shape index (κ1) is 25.4. The molecule has 2 aromatic carbocycles. The number of anilines is 2. The fourth-order valence-electron chi connectivity index (χ4n) is 5.07. The van der Waals surface area contributed by atoms with Crippen LogP contribution in [0.5, 0.6) is 5.75 Å². The summed E-state index contributed by atoms with van der Waals surface area (Å²) in [5.41, 5.74) is 9.07. The molecule has 3 heterocycles. The summed E-state index contributed by atoms with van der Waals surface area (Å²) in [6.45, 7) is 2.61. The van der Waals surface area contributed by atoms with Gasteiger partial charge in [0, 0.05) is 42.3 Å². The molecule has 0 atom stereocenters. The zero-order valence-corrected chi connectivity index (χ0v) is 22.2. The highest BCUT2D eigenvalue weighted by molar-refractivity contribution is 7.92. The van der Waals surface area contributed by atoms with E-state index in [9.17, 15) is 21.6 Å². The van der Waals surface area contributed by atoms with Gasteiger partial charge < -0.3 is 15.8 Å². The lowest BCUT2D eigenvalue weighted by atomic mass is 10.0. The molecule has 1 aromatic heterocycles. The highest BCUT2D eigenvalue weighted by Gasteiger charge is 2.34. The lowest BCUT2D eigenvalue weighted by molar-refractivity contribution is 0.100.